The van der Waals surface area contributed by atoms with Crippen LogP contribution in [-0.4, -0.2) is 16.0 Å². The number of hydrogen-bond donors (Lipinski definition) is 1. The first-order chi connectivity index (χ1) is 11.0. The molecular weight excluding hydrogens is 382 g/mol. The summed E-state index contributed by atoms with van der Waals surface area (Å²) in [6.45, 7) is 1.87. The Morgan fingerprint density at radius 1 is 1.26 bits per heavy atom. The molecule has 1 N–H and O–H groups in total. The summed E-state index contributed by atoms with van der Waals surface area (Å²) in [5, 5.41) is 7.22. The van der Waals surface area contributed by atoms with Crippen molar-refractivity contribution < 1.29 is 9.32 Å². The predicted molar refractivity (Wildman–Crippen MR) is 91.6 cm³/mol. The van der Waals surface area contributed by atoms with E-state index in [9.17, 15) is 4.79 Å². The van der Waals surface area contributed by atoms with Crippen LogP contribution in [0.2, 0.25) is 5.02 Å². The van der Waals surface area contributed by atoms with E-state index >= 15 is 0 Å². The number of carbonyl (C=O) groups is 1. The van der Waals surface area contributed by atoms with Crippen molar-refractivity contribution in [3.63, 3.8) is 0 Å². The second kappa shape index (κ2) is 6.52. The number of nitrogens with one attached hydrogen (secondary N) is 1. The van der Waals surface area contributed by atoms with Crippen LogP contribution in [0.25, 0.3) is 11.3 Å². The second-order valence-electron chi connectivity index (χ2n) is 4.83. The summed E-state index contributed by atoms with van der Waals surface area (Å²) in [6, 6.07) is 12.3. The molecule has 1 amide bonds. The van der Waals surface area contributed by atoms with Gasteiger partial charge in [-0.2, -0.15) is 0 Å². The normalized spacial score (nSPS) is 10.6. The minimum absolute atomic E-state index is 0.104. The van der Waals surface area contributed by atoms with Crippen LogP contribution in [0.5, 0.6) is 0 Å². The fourth-order valence-corrected chi connectivity index (χ4v) is 2.67. The Bertz CT molecular complexity index is 879. The van der Waals surface area contributed by atoms with Crippen molar-refractivity contribution in [1.82, 2.24) is 10.1 Å². The van der Waals surface area contributed by atoms with E-state index in [4.69, 9.17) is 16.1 Å². The van der Waals surface area contributed by atoms with Gasteiger partial charge in [0.25, 0.3) is 5.91 Å². The van der Waals surface area contributed by atoms with Crippen LogP contribution < -0.4 is 5.32 Å². The molecule has 0 saturated carbocycles. The summed E-state index contributed by atoms with van der Waals surface area (Å²) in [7, 11) is 0. The van der Waals surface area contributed by atoms with Gasteiger partial charge >= 0.3 is 0 Å². The van der Waals surface area contributed by atoms with E-state index in [2.05, 4.69) is 31.4 Å². The third-order valence-corrected chi connectivity index (χ3v) is 3.93. The molecule has 116 valence electrons. The SMILES string of the molecule is Cc1ccc(NC(=O)c2cc(-c3cccc(Cl)c3)no2)c(Br)n1. The zero-order valence-corrected chi connectivity index (χ0v) is 14.4. The highest BCUT2D eigenvalue weighted by molar-refractivity contribution is 9.10. The van der Waals surface area contributed by atoms with E-state index in [-0.39, 0.29) is 5.76 Å². The molecule has 23 heavy (non-hydrogen) atoms. The highest BCUT2D eigenvalue weighted by Gasteiger charge is 2.16. The molecule has 0 fully saturated rings. The van der Waals surface area contributed by atoms with E-state index in [0.29, 0.717) is 21.0 Å². The first-order valence-corrected chi connectivity index (χ1v) is 7.87. The molecule has 0 atom stereocenters. The Morgan fingerprint density at radius 3 is 2.83 bits per heavy atom. The summed E-state index contributed by atoms with van der Waals surface area (Å²) < 4.78 is 5.67. The molecule has 0 aliphatic rings. The van der Waals surface area contributed by atoms with Gasteiger partial charge in [0.1, 0.15) is 10.3 Å². The molecule has 0 unspecified atom stereocenters. The lowest BCUT2D eigenvalue weighted by molar-refractivity contribution is 0.0988. The molecule has 3 aromatic rings. The largest absolute Gasteiger partial charge is 0.350 e. The van der Waals surface area contributed by atoms with E-state index in [0.717, 1.165) is 11.3 Å². The number of nitrogens with zero attached hydrogens (tertiary/aromatic N) is 2. The summed E-state index contributed by atoms with van der Waals surface area (Å²) in [5.41, 5.74) is 2.72. The van der Waals surface area contributed by atoms with Crippen molar-refractivity contribution in [2.75, 3.05) is 5.32 Å². The highest BCUT2D eigenvalue weighted by atomic mass is 79.9. The standard InChI is InChI=1S/C16H11BrClN3O2/c1-9-5-6-12(15(17)19-9)20-16(22)14-8-13(21-23-14)10-3-2-4-11(18)7-10/h2-8H,1H3,(H,20,22). The average Bonchev–Trinajstić information content (AvgIpc) is 3.00. The third kappa shape index (κ3) is 3.60. The zero-order chi connectivity index (χ0) is 16.4. The van der Waals surface area contributed by atoms with Crippen LogP contribution in [0.15, 0.2) is 51.6 Å². The van der Waals surface area contributed by atoms with Crippen molar-refractivity contribution in [2.45, 2.75) is 6.92 Å². The van der Waals surface area contributed by atoms with Gasteiger partial charge in [-0.15, -0.1) is 0 Å². The minimum atomic E-state index is -0.405. The summed E-state index contributed by atoms with van der Waals surface area (Å²) in [5.74, 6) is -0.301. The maximum absolute atomic E-state index is 12.2. The molecular formula is C16H11BrClN3O2. The fraction of sp³-hybridized carbons (Fsp3) is 0.0625. The Balaban J connectivity index is 1.81. The van der Waals surface area contributed by atoms with Crippen molar-refractivity contribution in [3.8, 4) is 11.3 Å². The first kappa shape index (κ1) is 15.7. The van der Waals surface area contributed by atoms with E-state index in [1.807, 2.05) is 13.0 Å². The van der Waals surface area contributed by atoms with Crippen LogP contribution in [0.1, 0.15) is 16.2 Å². The number of anilines is 1. The van der Waals surface area contributed by atoms with Gasteiger partial charge in [-0.3, -0.25) is 4.79 Å². The van der Waals surface area contributed by atoms with Gasteiger partial charge < -0.3 is 9.84 Å². The quantitative estimate of drug-likeness (QED) is 0.655. The second-order valence-corrected chi connectivity index (χ2v) is 6.02. The van der Waals surface area contributed by atoms with Gasteiger partial charge in [-0.05, 0) is 47.1 Å². The molecule has 0 aliphatic carbocycles. The van der Waals surface area contributed by atoms with Gasteiger partial charge in [0.15, 0.2) is 0 Å². The van der Waals surface area contributed by atoms with E-state index in [1.165, 1.54) is 0 Å². The molecule has 0 saturated heterocycles. The first-order valence-electron chi connectivity index (χ1n) is 6.70. The molecule has 2 aromatic heterocycles. The Labute approximate surface area is 145 Å². The van der Waals surface area contributed by atoms with E-state index < -0.39 is 5.91 Å². The number of benzene rings is 1. The smallest absolute Gasteiger partial charge is 0.294 e. The number of aryl methyl sites for hydroxylation is 1. The van der Waals surface area contributed by atoms with Crippen molar-refractivity contribution in [2.24, 2.45) is 0 Å². The predicted octanol–water partition coefficient (Wildman–Crippen LogP) is 4.71. The van der Waals surface area contributed by atoms with Gasteiger partial charge in [-0.1, -0.05) is 28.9 Å². The maximum Gasteiger partial charge on any atom is 0.294 e. The molecule has 0 spiro atoms. The minimum Gasteiger partial charge on any atom is -0.350 e. The van der Waals surface area contributed by atoms with Gasteiger partial charge in [-0.25, -0.2) is 4.98 Å². The number of pyridine rings is 1. The Morgan fingerprint density at radius 2 is 2.09 bits per heavy atom. The molecule has 5 nitrogen and oxygen atoms in total. The Hall–Kier alpha value is -2.18. The number of aromatic nitrogens is 2. The monoisotopic (exact) mass is 391 g/mol. The zero-order valence-electron chi connectivity index (χ0n) is 12.0. The average molecular weight is 393 g/mol. The summed E-state index contributed by atoms with van der Waals surface area (Å²) >= 11 is 9.26. The molecule has 0 radical (unpaired) electrons. The lowest BCUT2D eigenvalue weighted by Crippen LogP contribution is -2.11. The number of carbonyl (C=O) groups excluding carboxylic acids is 1. The Kier molecular flexibility index (Phi) is 4.45. The van der Waals surface area contributed by atoms with E-state index in [1.54, 1.807) is 36.4 Å². The topological polar surface area (TPSA) is 68.0 Å². The molecule has 3 rings (SSSR count). The number of halogens is 2. The van der Waals surface area contributed by atoms with Crippen molar-refractivity contribution >= 4 is 39.1 Å². The van der Waals surface area contributed by atoms with Gasteiger partial charge in [0.2, 0.25) is 5.76 Å². The molecule has 7 heteroatoms. The summed E-state index contributed by atoms with van der Waals surface area (Å²) in [4.78, 5) is 16.5. The molecule has 0 aliphatic heterocycles. The van der Waals surface area contributed by atoms with Gasteiger partial charge in [0.05, 0.1) is 5.69 Å². The third-order valence-electron chi connectivity index (χ3n) is 3.09. The van der Waals surface area contributed by atoms with Crippen LogP contribution in [-0.2, 0) is 0 Å². The highest BCUT2D eigenvalue weighted by Crippen LogP contribution is 2.24. The van der Waals surface area contributed by atoms with Crippen molar-refractivity contribution in [1.29, 1.82) is 0 Å². The fourth-order valence-electron chi connectivity index (χ4n) is 1.97. The van der Waals surface area contributed by atoms with Crippen LogP contribution in [0, 0.1) is 6.92 Å². The number of amides is 1. The number of rotatable bonds is 3. The van der Waals surface area contributed by atoms with Crippen LogP contribution in [0.3, 0.4) is 0 Å². The van der Waals surface area contributed by atoms with Crippen LogP contribution in [0.4, 0.5) is 5.69 Å². The maximum atomic E-state index is 12.2. The lowest BCUT2D eigenvalue weighted by Gasteiger charge is -2.05. The summed E-state index contributed by atoms with van der Waals surface area (Å²) in [6.07, 6.45) is 0. The molecule has 2 heterocycles. The lowest BCUT2D eigenvalue weighted by atomic mass is 10.1. The number of hydrogen-bond acceptors (Lipinski definition) is 4. The van der Waals surface area contributed by atoms with Crippen molar-refractivity contribution in [3.05, 3.63) is 63.5 Å². The van der Waals surface area contributed by atoms with Crippen LogP contribution >= 0.6 is 27.5 Å². The molecule has 0 bridgehead atoms. The molecule has 1 aromatic carbocycles. The van der Waals surface area contributed by atoms with Gasteiger partial charge in [0, 0.05) is 22.3 Å².